The molecule has 26 heavy (non-hydrogen) atoms. The molecule has 0 radical (unpaired) electrons. The number of carbonyl (C=O) groups excluding carboxylic acids is 1. The van der Waals surface area contributed by atoms with E-state index < -0.39 is 0 Å². The Morgan fingerprint density at radius 1 is 1.23 bits per heavy atom. The van der Waals surface area contributed by atoms with Crippen molar-refractivity contribution in [3.63, 3.8) is 0 Å². The Balaban J connectivity index is 1.76. The van der Waals surface area contributed by atoms with Crippen LogP contribution in [0.1, 0.15) is 36.1 Å². The summed E-state index contributed by atoms with van der Waals surface area (Å²) >= 11 is 0. The lowest BCUT2D eigenvalue weighted by Gasteiger charge is -2.32. The summed E-state index contributed by atoms with van der Waals surface area (Å²) in [6, 6.07) is 9.54. The highest BCUT2D eigenvalue weighted by Gasteiger charge is 2.20. The minimum absolute atomic E-state index is 0.209. The van der Waals surface area contributed by atoms with Crippen molar-refractivity contribution in [2.45, 2.75) is 26.7 Å². The number of aryl methyl sites for hydroxylation is 1. The predicted octanol–water partition coefficient (Wildman–Crippen LogP) is 3.34. The van der Waals surface area contributed by atoms with Crippen molar-refractivity contribution in [3.8, 4) is 0 Å². The molecule has 0 aliphatic carbocycles. The van der Waals surface area contributed by atoms with Gasteiger partial charge < -0.3 is 15.1 Å². The van der Waals surface area contributed by atoms with Crippen molar-refractivity contribution in [1.82, 2.24) is 9.97 Å². The summed E-state index contributed by atoms with van der Waals surface area (Å²) in [6.07, 6.45) is 2.40. The molecule has 1 N–H and O–H groups in total. The first kappa shape index (κ1) is 18.2. The fraction of sp³-hybridized carbons (Fsp3) is 0.450. The molecule has 2 heterocycles. The molecule has 1 aliphatic rings. The molecule has 1 amide bonds. The highest BCUT2D eigenvalue weighted by atomic mass is 16.1. The highest BCUT2D eigenvalue weighted by molar-refractivity contribution is 6.03. The van der Waals surface area contributed by atoms with E-state index in [0.717, 1.165) is 36.7 Å². The number of benzene rings is 1. The summed E-state index contributed by atoms with van der Waals surface area (Å²) < 4.78 is 0. The molecule has 0 bridgehead atoms. The van der Waals surface area contributed by atoms with Gasteiger partial charge in [0.05, 0.1) is 0 Å². The number of hydrogen-bond acceptors (Lipinski definition) is 5. The van der Waals surface area contributed by atoms with E-state index in [-0.39, 0.29) is 5.91 Å². The Morgan fingerprint density at radius 2 is 1.96 bits per heavy atom. The van der Waals surface area contributed by atoms with E-state index in [2.05, 4.69) is 27.1 Å². The Labute approximate surface area is 155 Å². The van der Waals surface area contributed by atoms with Crippen LogP contribution in [0, 0.1) is 12.8 Å². The molecular formula is C20H27N5O. The summed E-state index contributed by atoms with van der Waals surface area (Å²) in [4.78, 5) is 25.8. The highest BCUT2D eigenvalue weighted by Crippen LogP contribution is 2.22. The predicted molar refractivity (Wildman–Crippen MR) is 106 cm³/mol. The van der Waals surface area contributed by atoms with E-state index >= 15 is 0 Å². The largest absolute Gasteiger partial charge is 0.378 e. The van der Waals surface area contributed by atoms with Crippen LogP contribution in [-0.4, -0.2) is 43.1 Å². The van der Waals surface area contributed by atoms with Crippen LogP contribution < -0.4 is 15.1 Å². The molecule has 0 saturated carbocycles. The van der Waals surface area contributed by atoms with E-state index in [1.807, 2.05) is 50.2 Å². The Morgan fingerprint density at radius 3 is 2.62 bits per heavy atom. The standard InChI is InChI=1S/C20H27N5O/c1-14-6-5-11-25(13-14)19-12-18(21-15(2)22-19)20(26)23-16-7-9-17(10-8-16)24(3)4/h7-10,12,14H,5-6,11,13H2,1-4H3,(H,23,26). The molecule has 1 atom stereocenters. The van der Waals surface area contributed by atoms with Crippen LogP contribution in [0.5, 0.6) is 0 Å². The zero-order valence-corrected chi connectivity index (χ0v) is 16.0. The van der Waals surface area contributed by atoms with Crippen LogP contribution in [0.3, 0.4) is 0 Å². The third-order valence-electron chi connectivity index (χ3n) is 4.68. The number of carbonyl (C=O) groups is 1. The van der Waals surface area contributed by atoms with Gasteiger partial charge in [-0.3, -0.25) is 4.79 Å². The van der Waals surface area contributed by atoms with Crippen molar-refractivity contribution >= 4 is 23.1 Å². The minimum atomic E-state index is -0.209. The molecule has 6 nitrogen and oxygen atoms in total. The molecule has 1 unspecified atom stereocenters. The minimum Gasteiger partial charge on any atom is -0.378 e. The zero-order chi connectivity index (χ0) is 18.7. The van der Waals surface area contributed by atoms with E-state index in [9.17, 15) is 4.79 Å². The smallest absolute Gasteiger partial charge is 0.274 e. The van der Waals surface area contributed by atoms with Crippen LogP contribution in [-0.2, 0) is 0 Å². The van der Waals surface area contributed by atoms with Gasteiger partial charge in [0.15, 0.2) is 0 Å². The van der Waals surface area contributed by atoms with Crippen molar-refractivity contribution in [1.29, 1.82) is 0 Å². The fourth-order valence-corrected chi connectivity index (χ4v) is 3.27. The lowest BCUT2D eigenvalue weighted by atomic mass is 10.0. The monoisotopic (exact) mass is 353 g/mol. The third-order valence-corrected chi connectivity index (χ3v) is 4.68. The molecule has 138 valence electrons. The first-order valence-electron chi connectivity index (χ1n) is 9.12. The second-order valence-corrected chi connectivity index (χ2v) is 7.25. The van der Waals surface area contributed by atoms with Crippen molar-refractivity contribution in [2.24, 2.45) is 5.92 Å². The number of hydrogen-bond donors (Lipinski definition) is 1. The molecule has 1 aromatic heterocycles. The van der Waals surface area contributed by atoms with Crippen LogP contribution in [0.15, 0.2) is 30.3 Å². The lowest BCUT2D eigenvalue weighted by Crippen LogP contribution is -2.35. The van der Waals surface area contributed by atoms with Gasteiger partial charge in [-0.05, 0) is 49.9 Å². The summed E-state index contributed by atoms with van der Waals surface area (Å²) in [5, 5.41) is 2.92. The second kappa shape index (κ2) is 7.72. The SMILES string of the molecule is Cc1nc(C(=O)Nc2ccc(N(C)C)cc2)cc(N2CCCC(C)C2)n1. The van der Waals surface area contributed by atoms with Crippen molar-refractivity contribution in [3.05, 3.63) is 41.9 Å². The average molecular weight is 353 g/mol. The van der Waals surface area contributed by atoms with Gasteiger partial charge in [-0.2, -0.15) is 0 Å². The topological polar surface area (TPSA) is 61.4 Å². The first-order valence-corrected chi connectivity index (χ1v) is 9.12. The molecule has 6 heteroatoms. The lowest BCUT2D eigenvalue weighted by molar-refractivity contribution is 0.102. The van der Waals surface area contributed by atoms with Crippen LogP contribution >= 0.6 is 0 Å². The maximum Gasteiger partial charge on any atom is 0.274 e. The molecule has 1 aliphatic heterocycles. The van der Waals surface area contributed by atoms with Gasteiger partial charge >= 0.3 is 0 Å². The molecule has 2 aromatic rings. The second-order valence-electron chi connectivity index (χ2n) is 7.25. The van der Waals surface area contributed by atoms with E-state index in [1.165, 1.54) is 6.42 Å². The maximum atomic E-state index is 12.7. The van der Waals surface area contributed by atoms with Crippen molar-refractivity contribution in [2.75, 3.05) is 42.3 Å². The molecule has 1 aromatic carbocycles. The molecule has 3 rings (SSSR count). The molecule has 1 fully saturated rings. The normalized spacial score (nSPS) is 17.1. The van der Waals surface area contributed by atoms with Gasteiger partial charge in [0.25, 0.3) is 5.91 Å². The van der Waals surface area contributed by atoms with Gasteiger partial charge in [-0.15, -0.1) is 0 Å². The Hall–Kier alpha value is -2.63. The Kier molecular flexibility index (Phi) is 5.40. The van der Waals surface area contributed by atoms with Crippen molar-refractivity contribution < 1.29 is 4.79 Å². The summed E-state index contributed by atoms with van der Waals surface area (Å²) in [5.74, 6) is 1.90. The quantitative estimate of drug-likeness (QED) is 0.913. The number of piperidine rings is 1. The molecular weight excluding hydrogens is 326 g/mol. The van der Waals surface area contributed by atoms with Gasteiger partial charge in [-0.25, -0.2) is 9.97 Å². The van der Waals surface area contributed by atoms with Crippen LogP contribution in [0.25, 0.3) is 0 Å². The summed E-state index contributed by atoms with van der Waals surface area (Å²) in [5.41, 5.74) is 2.25. The summed E-state index contributed by atoms with van der Waals surface area (Å²) in [6.45, 7) is 6.04. The zero-order valence-electron chi connectivity index (χ0n) is 16.0. The van der Waals surface area contributed by atoms with Gasteiger partial charge in [0.1, 0.15) is 17.3 Å². The van der Waals surface area contributed by atoms with E-state index in [4.69, 9.17) is 0 Å². The first-order chi connectivity index (χ1) is 12.4. The molecule has 0 spiro atoms. The number of nitrogens with one attached hydrogen (secondary N) is 1. The van der Waals surface area contributed by atoms with E-state index in [1.54, 1.807) is 6.07 Å². The Bertz CT molecular complexity index is 772. The molecule has 1 saturated heterocycles. The number of rotatable bonds is 4. The average Bonchev–Trinajstić information content (AvgIpc) is 2.61. The number of anilines is 3. The fourth-order valence-electron chi connectivity index (χ4n) is 3.27. The van der Waals surface area contributed by atoms with Gasteiger partial charge in [0, 0.05) is 44.6 Å². The van der Waals surface area contributed by atoms with Crippen LogP contribution in [0.2, 0.25) is 0 Å². The number of aromatic nitrogens is 2. The maximum absolute atomic E-state index is 12.7. The third kappa shape index (κ3) is 4.31. The van der Waals surface area contributed by atoms with E-state index in [0.29, 0.717) is 17.4 Å². The van der Waals surface area contributed by atoms with Crippen LogP contribution in [0.4, 0.5) is 17.2 Å². The number of amides is 1. The van der Waals surface area contributed by atoms with Gasteiger partial charge in [0.2, 0.25) is 0 Å². The number of nitrogens with zero attached hydrogens (tertiary/aromatic N) is 4. The van der Waals surface area contributed by atoms with Gasteiger partial charge in [-0.1, -0.05) is 6.92 Å². The summed E-state index contributed by atoms with van der Waals surface area (Å²) in [7, 11) is 3.97.